The van der Waals surface area contributed by atoms with Crippen LogP contribution in [0.4, 0.5) is 5.82 Å². The number of ether oxygens (including phenoxy) is 2. The maximum absolute atomic E-state index is 9.42. The Hall–Kier alpha value is -2.14. The minimum absolute atomic E-state index is 0.174. The van der Waals surface area contributed by atoms with Crippen LogP contribution in [0.1, 0.15) is 5.69 Å². The van der Waals surface area contributed by atoms with Gasteiger partial charge in [-0.2, -0.15) is 5.26 Å². The Bertz CT molecular complexity index is 662. The van der Waals surface area contributed by atoms with Gasteiger partial charge in [0.05, 0.1) is 19.5 Å². The first kappa shape index (κ1) is 17.2. The van der Waals surface area contributed by atoms with E-state index in [2.05, 4.69) is 16.0 Å². The number of hydrogen-bond donors (Lipinski definition) is 0. The van der Waals surface area contributed by atoms with Crippen LogP contribution in [0.25, 0.3) is 11.5 Å². The van der Waals surface area contributed by atoms with E-state index in [0.29, 0.717) is 43.6 Å². The van der Waals surface area contributed by atoms with E-state index in [1.807, 2.05) is 4.90 Å². The molecule has 0 fully saturated rings. The molecule has 0 amide bonds. The fourth-order valence-electron chi connectivity index (χ4n) is 2.00. The number of halogens is 1. The van der Waals surface area contributed by atoms with Gasteiger partial charge in [0, 0.05) is 27.3 Å². The van der Waals surface area contributed by atoms with E-state index in [1.165, 1.54) is 6.26 Å². The van der Waals surface area contributed by atoms with Gasteiger partial charge in [0.25, 0.3) is 0 Å². The Kier molecular flexibility index (Phi) is 6.35. The van der Waals surface area contributed by atoms with Crippen molar-refractivity contribution in [2.75, 3.05) is 45.4 Å². The first-order chi connectivity index (χ1) is 11.2. The van der Waals surface area contributed by atoms with Gasteiger partial charge < -0.3 is 18.8 Å². The Morgan fingerprint density at radius 2 is 1.96 bits per heavy atom. The Labute approximate surface area is 139 Å². The minimum Gasteiger partial charge on any atom is -0.463 e. The highest BCUT2D eigenvalue weighted by atomic mass is 35.5. The molecule has 23 heavy (non-hydrogen) atoms. The van der Waals surface area contributed by atoms with Crippen molar-refractivity contribution >= 4 is 17.4 Å². The minimum atomic E-state index is 0.174. The number of hydrogen-bond acceptors (Lipinski definition) is 7. The summed E-state index contributed by atoms with van der Waals surface area (Å²) in [5.74, 6) is 0.868. The summed E-state index contributed by atoms with van der Waals surface area (Å²) in [6.45, 7) is 2.04. The second kappa shape index (κ2) is 8.48. The second-order valence-electron chi connectivity index (χ2n) is 4.60. The zero-order valence-electron chi connectivity index (χ0n) is 13.0. The van der Waals surface area contributed by atoms with Crippen LogP contribution in [0.15, 0.2) is 22.8 Å². The normalized spacial score (nSPS) is 10.5. The van der Waals surface area contributed by atoms with Gasteiger partial charge in [-0.1, -0.05) is 11.6 Å². The second-order valence-corrected chi connectivity index (χ2v) is 4.96. The van der Waals surface area contributed by atoms with Gasteiger partial charge in [0.2, 0.25) is 0 Å². The molecule has 122 valence electrons. The number of nitriles is 1. The van der Waals surface area contributed by atoms with E-state index in [-0.39, 0.29) is 10.8 Å². The van der Waals surface area contributed by atoms with Gasteiger partial charge in [0.1, 0.15) is 11.8 Å². The van der Waals surface area contributed by atoms with E-state index in [4.69, 9.17) is 25.5 Å². The number of rotatable bonds is 8. The molecule has 0 saturated carbocycles. The summed E-state index contributed by atoms with van der Waals surface area (Å²) < 4.78 is 15.5. The third-order valence-electron chi connectivity index (χ3n) is 3.13. The molecule has 0 aromatic carbocycles. The summed E-state index contributed by atoms with van der Waals surface area (Å²) in [4.78, 5) is 10.5. The summed E-state index contributed by atoms with van der Waals surface area (Å²) in [5.41, 5.74) is 0.517. The molecule has 0 aliphatic carbocycles. The molecule has 0 atom stereocenters. The highest BCUT2D eigenvalue weighted by molar-refractivity contribution is 6.31. The van der Waals surface area contributed by atoms with Crippen molar-refractivity contribution in [2.45, 2.75) is 0 Å². The summed E-state index contributed by atoms with van der Waals surface area (Å²) in [6, 6.07) is 5.49. The van der Waals surface area contributed by atoms with Crippen molar-refractivity contribution in [3.05, 3.63) is 29.2 Å². The standard InChI is InChI=1S/C15H17ClN4O3/c1-21-8-5-20(6-9-22-2)15-11(10-17)18-13(14(16)19-15)12-4-3-7-23-12/h3-4,7H,5-6,8-9H2,1-2H3. The van der Waals surface area contributed by atoms with Crippen molar-refractivity contribution in [3.63, 3.8) is 0 Å². The smallest absolute Gasteiger partial charge is 0.184 e. The molecule has 0 aliphatic heterocycles. The van der Waals surface area contributed by atoms with Crippen LogP contribution in [0.5, 0.6) is 0 Å². The summed E-state index contributed by atoms with van der Waals surface area (Å²) in [7, 11) is 3.22. The molecular weight excluding hydrogens is 320 g/mol. The SMILES string of the molecule is COCCN(CCOC)c1nc(Cl)c(-c2ccco2)nc1C#N. The van der Waals surface area contributed by atoms with Crippen LogP contribution in [0, 0.1) is 11.3 Å². The van der Waals surface area contributed by atoms with Gasteiger partial charge in [0.15, 0.2) is 22.4 Å². The molecule has 2 rings (SSSR count). The van der Waals surface area contributed by atoms with Crippen LogP contribution in [0.2, 0.25) is 5.15 Å². The van der Waals surface area contributed by atoms with E-state index in [9.17, 15) is 5.26 Å². The fourth-order valence-corrected chi connectivity index (χ4v) is 2.21. The molecule has 7 nitrogen and oxygen atoms in total. The molecule has 2 heterocycles. The van der Waals surface area contributed by atoms with Crippen molar-refractivity contribution in [3.8, 4) is 17.5 Å². The van der Waals surface area contributed by atoms with E-state index < -0.39 is 0 Å². The van der Waals surface area contributed by atoms with Crippen LogP contribution in [0.3, 0.4) is 0 Å². The molecule has 0 unspecified atom stereocenters. The molecule has 0 radical (unpaired) electrons. The number of nitrogens with zero attached hydrogens (tertiary/aromatic N) is 4. The lowest BCUT2D eigenvalue weighted by Gasteiger charge is -2.23. The number of furan rings is 1. The highest BCUT2D eigenvalue weighted by Gasteiger charge is 2.20. The molecule has 0 N–H and O–H groups in total. The van der Waals surface area contributed by atoms with Crippen molar-refractivity contribution in [2.24, 2.45) is 0 Å². The van der Waals surface area contributed by atoms with E-state index in [1.54, 1.807) is 26.4 Å². The molecule has 2 aromatic rings. The lowest BCUT2D eigenvalue weighted by molar-refractivity contribution is 0.190. The average molecular weight is 337 g/mol. The lowest BCUT2D eigenvalue weighted by Crippen LogP contribution is -2.32. The zero-order valence-corrected chi connectivity index (χ0v) is 13.7. The molecule has 0 bridgehead atoms. The number of aromatic nitrogens is 2. The Balaban J connectivity index is 2.40. The largest absolute Gasteiger partial charge is 0.463 e. The molecule has 8 heteroatoms. The predicted octanol–water partition coefficient (Wildman–Crippen LogP) is 2.36. The Morgan fingerprint density at radius 1 is 1.26 bits per heavy atom. The van der Waals surface area contributed by atoms with Gasteiger partial charge in [-0.15, -0.1) is 0 Å². The summed E-state index contributed by atoms with van der Waals surface area (Å²) in [5, 5.41) is 9.59. The van der Waals surface area contributed by atoms with Gasteiger partial charge in [-0.3, -0.25) is 0 Å². The van der Waals surface area contributed by atoms with E-state index in [0.717, 1.165) is 0 Å². The van der Waals surface area contributed by atoms with Crippen molar-refractivity contribution < 1.29 is 13.9 Å². The number of methoxy groups -OCH3 is 2. The fraction of sp³-hybridized carbons (Fsp3) is 0.400. The maximum Gasteiger partial charge on any atom is 0.184 e. The van der Waals surface area contributed by atoms with E-state index >= 15 is 0 Å². The molecule has 0 aliphatic rings. The highest BCUT2D eigenvalue weighted by Crippen LogP contribution is 2.28. The van der Waals surface area contributed by atoms with Gasteiger partial charge in [-0.05, 0) is 12.1 Å². The molecular formula is C15H17ClN4O3. The molecule has 2 aromatic heterocycles. The van der Waals surface area contributed by atoms with Gasteiger partial charge >= 0.3 is 0 Å². The first-order valence-electron chi connectivity index (χ1n) is 6.95. The monoisotopic (exact) mass is 336 g/mol. The molecule has 0 spiro atoms. The quantitative estimate of drug-likeness (QED) is 0.731. The lowest BCUT2D eigenvalue weighted by atomic mass is 10.3. The topological polar surface area (TPSA) is 84.4 Å². The van der Waals surface area contributed by atoms with Crippen LogP contribution in [-0.2, 0) is 9.47 Å². The third kappa shape index (κ3) is 4.20. The Morgan fingerprint density at radius 3 is 2.48 bits per heavy atom. The first-order valence-corrected chi connectivity index (χ1v) is 7.33. The summed E-state index contributed by atoms with van der Waals surface area (Å²) in [6.07, 6.45) is 1.51. The van der Waals surface area contributed by atoms with Crippen molar-refractivity contribution in [1.82, 2.24) is 9.97 Å². The number of anilines is 1. The maximum atomic E-state index is 9.42. The van der Waals surface area contributed by atoms with Crippen LogP contribution >= 0.6 is 11.6 Å². The van der Waals surface area contributed by atoms with Crippen LogP contribution in [-0.4, -0.2) is 50.5 Å². The predicted molar refractivity (Wildman–Crippen MR) is 85.4 cm³/mol. The van der Waals surface area contributed by atoms with Crippen molar-refractivity contribution in [1.29, 1.82) is 5.26 Å². The van der Waals surface area contributed by atoms with Gasteiger partial charge in [-0.25, -0.2) is 9.97 Å². The zero-order chi connectivity index (χ0) is 16.7. The summed E-state index contributed by atoms with van der Waals surface area (Å²) >= 11 is 6.23. The average Bonchev–Trinajstić information content (AvgIpc) is 3.09. The third-order valence-corrected chi connectivity index (χ3v) is 3.39. The van der Waals surface area contributed by atoms with Crippen LogP contribution < -0.4 is 4.90 Å². The molecule has 0 saturated heterocycles.